The molecule has 2 heterocycles. The maximum absolute atomic E-state index is 12.7. The first kappa shape index (κ1) is 17.4. The average molecular weight is 339 g/mol. The molecule has 0 saturated carbocycles. The van der Waals surface area contributed by atoms with Crippen molar-refractivity contribution in [3.8, 4) is 0 Å². The maximum Gasteiger partial charge on any atom is 0.272 e. The van der Waals surface area contributed by atoms with Crippen molar-refractivity contribution in [2.45, 2.75) is 20.8 Å². The Morgan fingerprint density at radius 3 is 2.60 bits per heavy atom. The third-order valence-corrected chi connectivity index (χ3v) is 4.65. The summed E-state index contributed by atoms with van der Waals surface area (Å²) in [6, 6.07) is 7.95. The lowest BCUT2D eigenvalue weighted by Gasteiger charge is -2.33. The van der Waals surface area contributed by atoms with Crippen LogP contribution in [0.5, 0.6) is 0 Å². The van der Waals surface area contributed by atoms with Crippen molar-refractivity contribution in [3.05, 3.63) is 47.4 Å². The minimum atomic E-state index is -0.0258. The van der Waals surface area contributed by atoms with Crippen LogP contribution in [0.3, 0.4) is 0 Å². The molecule has 6 nitrogen and oxygen atoms in total. The lowest BCUT2D eigenvalue weighted by Crippen LogP contribution is -2.48. The largest absolute Gasteiger partial charge is 0.340 e. The first-order valence-electron chi connectivity index (χ1n) is 8.74. The molecule has 1 saturated heterocycles. The molecule has 25 heavy (non-hydrogen) atoms. The number of likely N-dealkylation sites (N-methyl/N-ethyl adjacent to an activating group) is 1. The van der Waals surface area contributed by atoms with Gasteiger partial charge in [-0.3, -0.25) is 4.79 Å². The van der Waals surface area contributed by atoms with Gasteiger partial charge in [-0.2, -0.15) is 0 Å². The highest BCUT2D eigenvalue weighted by Crippen LogP contribution is 2.21. The quantitative estimate of drug-likeness (QED) is 0.928. The number of aryl methyl sites for hydroxylation is 2. The van der Waals surface area contributed by atoms with Crippen LogP contribution >= 0.6 is 0 Å². The van der Waals surface area contributed by atoms with Gasteiger partial charge in [-0.25, -0.2) is 9.97 Å². The molecule has 1 aliphatic rings. The number of nitrogens with zero attached hydrogens (tertiary/aromatic N) is 4. The van der Waals surface area contributed by atoms with Gasteiger partial charge < -0.3 is 15.1 Å². The number of benzene rings is 1. The molecule has 6 heteroatoms. The highest BCUT2D eigenvalue weighted by Gasteiger charge is 2.22. The molecule has 2 aromatic rings. The molecule has 3 rings (SSSR count). The van der Waals surface area contributed by atoms with Crippen molar-refractivity contribution in [1.29, 1.82) is 0 Å². The van der Waals surface area contributed by atoms with Crippen LogP contribution in [0.2, 0.25) is 0 Å². The summed E-state index contributed by atoms with van der Waals surface area (Å²) < 4.78 is 0. The smallest absolute Gasteiger partial charge is 0.272 e. The topological polar surface area (TPSA) is 61.4 Å². The number of amides is 1. The third kappa shape index (κ3) is 4.14. The number of anilines is 2. The van der Waals surface area contributed by atoms with Gasteiger partial charge in [-0.1, -0.05) is 19.1 Å². The van der Waals surface area contributed by atoms with Gasteiger partial charge in [0.2, 0.25) is 0 Å². The fraction of sp³-hybridized carbons (Fsp3) is 0.421. The van der Waals surface area contributed by atoms with E-state index in [0.717, 1.165) is 44.0 Å². The molecule has 0 bridgehead atoms. The highest BCUT2D eigenvalue weighted by molar-refractivity contribution is 5.93. The highest BCUT2D eigenvalue weighted by atomic mass is 16.2. The molecule has 1 amide bonds. The molecule has 0 atom stereocenters. The lowest BCUT2D eigenvalue weighted by molar-refractivity contribution is 0.0637. The van der Waals surface area contributed by atoms with Crippen molar-refractivity contribution in [2.75, 3.05) is 38.0 Å². The van der Waals surface area contributed by atoms with Crippen LogP contribution in [0.25, 0.3) is 0 Å². The normalized spacial score (nSPS) is 15.2. The van der Waals surface area contributed by atoms with E-state index in [1.807, 2.05) is 11.8 Å². The molecular formula is C19H25N5O. The Balaban J connectivity index is 1.73. The molecule has 1 fully saturated rings. The van der Waals surface area contributed by atoms with Crippen molar-refractivity contribution in [2.24, 2.45) is 0 Å². The van der Waals surface area contributed by atoms with Crippen molar-refractivity contribution in [3.63, 3.8) is 0 Å². The van der Waals surface area contributed by atoms with E-state index >= 15 is 0 Å². The van der Waals surface area contributed by atoms with Gasteiger partial charge in [0.05, 0.1) is 0 Å². The third-order valence-electron chi connectivity index (χ3n) is 4.65. The molecule has 1 aromatic carbocycles. The van der Waals surface area contributed by atoms with Gasteiger partial charge in [0.25, 0.3) is 5.91 Å². The predicted molar refractivity (Wildman–Crippen MR) is 99.2 cm³/mol. The molecule has 1 N–H and O–H groups in total. The van der Waals surface area contributed by atoms with Crippen molar-refractivity contribution >= 4 is 17.4 Å². The summed E-state index contributed by atoms with van der Waals surface area (Å²) in [5.41, 5.74) is 3.74. The van der Waals surface area contributed by atoms with Gasteiger partial charge in [-0.05, 0) is 37.6 Å². The Morgan fingerprint density at radius 1 is 1.12 bits per heavy atom. The summed E-state index contributed by atoms with van der Waals surface area (Å²) in [7, 11) is 0. The van der Waals surface area contributed by atoms with E-state index in [-0.39, 0.29) is 5.91 Å². The summed E-state index contributed by atoms with van der Waals surface area (Å²) in [6.45, 7) is 10.6. The number of hydrogen-bond acceptors (Lipinski definition) is 5. The minimum Gasteiger partial charge on any atom is -0.340 e. The van der Waals surface area contributed by atoms with Crippen molar-refractivity contribution < 1.29 is 4.79 Å². The van der Waals surface area contributed by atoms with E-state index in [1.54, 1.807) is 6.07 Å². The van der Waals surface area contributed by atoms with E-state index in [9.17, 15) is 4.79 Å². The molecular weight excluding hydrogens is 314 g/mol. The fourth-order valence-electron chi connectivity index (χ4n) is 2.98. The van der Waals surface area contributed by atoms with Crippen LogP contribution in [0.15, 0.2) is 30.6 Å². The fourth-order valence-corrected chi connectivity index (χ4v) is 2.98. The summed E-state index contributed by atoms with van der Waals surface area (Å²) in [6.07, 6.45) is 1.45. The first-order chi connectivity index (χ1) is 12.1. The second kappa shape index (κ2) is 7.61. The number of rotatable bonds is 4. The zero-order chi connectivity index (χ0) is 17.8. The van der Waals surface area contributed by atoms with Crippen LogP contribution < -0.4 is 5.32 Å². The van der Waals surface area contributed by atoms with Crippen LogP contribution in [0.4, 0.5) is 11.5 Å². The Morgan fingerprint density at radius 2 is 1.88 bits per heavy atom. The Hall–Kier alpha value is -2.47. The van der Waals surface area contributed by atoms with Crippen molar-refractivity contribution in [1.82, 2.24) is 19.8 Å². The SMILES string of the molecule is CCN1CCN(C(=O)c2cc(Nc3cc(C)ccc3C)ncn2)CC1. The van der Waals surface area contributed by atoms with Crippen LogP contribution in [0, 0.1) is 13.8 Å². The average Bonchev–Trinajstić information content (AvgIpc) is 2.64. The number of piperazine rings is 1. The predicted octanol–water partition coefficient (Wildman–Crippen LogP) is 2.61. The molecule has 0 aliphatic carbocycles. The zero-order valence-corrected chi connectivity index (χ0v) is 15.1. The van der Waals surface area contributed by atoms with Crippen LogP contribution in [-0.2, 0) is 0 Å². The standard InChI is InChI=1S/C19H25N5O/c1-4-23-7-9-24(10-8-23)19(25)17-12-18(21-13-20-17)22-16-11-14(2)5-6-15(16)3/h5-6,11-13H,4,7-10H2,1-3H3,(H,20,21,22). The summed E-state index contributed by atoms with van der Waals surface area (Å²) in [5.74, 6) is 0.612. The Bertz CT molecular complexity index is 753. The first-order valence-corrected chi connectivity index (χ1v) is 8.74. The molecule has 132 valence electrons. The van der Waals surface area contributed by atoms with E-state index in [1.165, 1.54) is 11.9 Å². The van der Waals surface area contributed by atoms with Gasteiger partial charge in [0, 0.05) is 37.9 Å². The molecule has 0 unspecified atom stereocenters. The summed E-state index contributed by atoms with van der Waals surface area (Å²) >= 11 is 0. The number of nitrogens with one attached hydrogen (secondary N) is 1. The molecule has 1 aromatic heterocycles. The summed E-state index contributed by atoms with van der Waals surface area (Å²) in [4.78, 5) is 25.4. The van der Waals surface area contributed by atoms with E-state index in [4.69, 9.17) is 0 Å². The number of hydrogen-bond donors (Lipinski definition) is 1. The Labute approximate surface area is 148 Å². The lowest BCUT2D eigenvalue weighted by atomic mass is 10.1. The van der Waals surface area contributed by atoms with Gasteiger partial charge in [-0.15, -0.1) is 0 Å². The number of aromatic nitrogens is 2. The van der Waals surface area contributed by atoms with E-state index in [2.05, 4.69) is 52.2 Å². The van der Waals surface area contributed by atoms with Gasteiger partial charge >= 0.3 is 0 Å². The Kier molecular flexibility index (Phi) is 5.28. The van der Waals surface area contributed by atoms with Crippen LogP contribution in [0.1, 0.15) is 28.5 Å². The second-order valence-electron chi connectivity index (χ2n) is 6.46. The molecule has 1 aliphatic heterocycles. The van der Waals surface area contributed by atoms with E-state index in [0.29, 0.717) is 11.5 Å². The number of carbonyl (C=O) groups is 1. The summed E-state index contributed by atoms with van der Waals surface area (Å²) in [5, 5.41) is 3.30. The van der Waals surface area contributed by atoms with E-state index < -0.39 is 0 Å². The number of carbonyl (C=O) groups excluding carboxylic acids is 1. The minimum absolute atomic E-state index is 0.0258. The molecule has 0 spiro atoms. The van der Waals surface area contributed by atoms with Gasteiger partial charge in [0.1, 0.15) is 17.8 Å². The maximum atomic E-state index is 12.7. The van der Waals surface area contributed by atoms with Crippen LogP contribution in [-0.4, -0.2) is 58.4 Å². The zero-order valence-electron chi connectivity index (χ0n) is 15.1. The second-order valence-corrected chi connectivity index (χ2v) is 6.46. The van der Waals surface area contributed by atoms with Gasteiger partial charge in [0.15, 0.2) is 0 Å². The molecule has 0 radical (unpaired) electrons. The monoisotopic (exact) mass is 339 g/mol.